The van der Waals surface area contributed by atoms with E-state index in [2.05, 4.69) is 11.8 Å². The highest BCUT2D eigenvalue weighted by atomic mass is 32.2. The SMILES string of the molecule is CC#CCOc1ccc(S(=O)(=O)C2(CC(=O)NO)CCN(C(=O)N3CCCC3)CC2)cc1. The van der Waals surface area contributed by atoms with Gasteiger partial charge in [-0.25, -0.2) is 18.7 Å². The van der Waals surface area contributed by atoms with Crippen LogP contribution in [0.25, 0.3) is 0 Å². The molecule has 1 aromatic carbocycles. The van der Waals surface area contributed by atoms with Gasteiger partial charge in [0.15, 0.2) is 9.84 Å². The summed E-state index contributed by atoms with van der Waals surface area (Å²) in [6.45, 7) is 3.78. The van der Waals surface area contributed by atoms with E-state index in [1.807, 2.05) is 0 Å². The summed E-state index contributed by atoms with van der Waals surface area (Å²) in [5, 5.41) is 9.05. The first-order valence-corrected chi connectivity index (χ1v) is 12.2. The number of hydrogen-bond donors (Lipinski definition) is 2. The van der Waals surface area contributed by atoms with Gasteiger partial charge in [-0.05, 0) is 56.9 Å². The second-order valence-electron chi connectivity index (χ2n) is 8.05. The van der Waals surface area contributed by atoms with Crippen LogP contribution in [0.1, 0.15) is 39.0 Å². The number of piperidine rings is 1. The number of amides is 3. The van der Waals surface area contributed by atoms with E-state index in [0.717, 1.165) is 12.8 Å². The summed E-state index contributed by atoms with van der Waals surface area (Å²) in [5.41, 5.74) is 1.55. The molecule has 1 aromatic rings. The topological polar surface area (TPSA) is 116 Å². The Hall–Kier alpha value is -2.77. The monoisotopic (exact) mass is 463 g/mol. The highest BCUT2D eigenvalue weighted by Gasteiger charge is 2.49. The Morgan fingerprint density at radius 1 is 1.09 bits per heavy atom. The van der Waals surface area contributed by atoms with Crippen LogP contribution in [0, 0.1) is 11.8 Å². The van der Waals surface area contributed by atoms with E-state index in [1.54, 1.807) is 34.3 Å². The van der Waals surface area contributed by atoms with Gasteiger partial charge in [0.2, 0.25) is 5.91 Å². The first kappa shape index (κ1) is 23.9. The molecule has 9 nitrogen and oxygen atoms in total. The molecule has 0 aliphatic carbocycles. The van der Waals surface area contributed by atoms with Gasteiger partial charge in [-0.2, -0.15) is 0 Å². The van der Waals surface area contributed by atoms with E-state index >= 15 is 0 Å². The van der Waals surface area contributed by atoms with Crippen LogP contribution in [0.4, 0.5) is 4.79 Å². The molecule has 2 aliphatic rings. The molecule has 0 spiro atoms. The fraction of sp³-hybridized carbons (Fsp3) is 0.545. The van der Waals surface area contributed by atoms with E-state index in [4.69, 9.17) is 9.94 Å². The highest BCUT2D eigenvalue weighted by Crippen LogP contribution is 2.39. The first-order valence-electron chi connectivity index (χ1n) is 10.7. The van der Waals surface area contributed by atoms with Gasteiger partial charge < -0.3 is 14.5 Å². The maximum absolute atomic E-state index is 13.6. The number of likely N-dealkylation sites (tertiary alicyclic amines) is 2. The summed E-state index contributed by atoms with van der Waals surface area (Å²) in [5.74, 6) is 5.19. The zero-order chi connectivity index (χ0) is 23.2. The molecular formula is C22H29N3O6S. The largest absolute Gasteiger partial charge is 0.481 e. The molecule has 0 aromatic heterocycles. The average molecular weight is 464 g/mol. The van der Waals surface area contributed by atoms with Gasteiger partial charge in [-0.3, -0.25) is 10.0 Å². The molecule has 0 unspecified atom stereocenters. The number of carbonyl (C=O) groups excluding carboxylic acids is 2. The highest BCUT2D eigenvalue weighted by molar-refractivity contribution is 7.92. The third-order valence-corrected chi connectivity index (χ3v) is 8.71. The summed E-state index contributed by atoms with van der Waals surface area (Å²) in [4.78, 5) is 28.3. The second kappa shape index (κ2) is 10.2. The maximum atomic E-state index is 13.6. The van der Waals surface area contributed by atoms with Crippen molar-refractivity contribution in [2.75, 3.05) is 32.8 Å². The predicted molar refractivity (Wildman–Crippen MR) is 117 cm³/mol. The lowest BCUT2D eigenvalue weighted by molar-refractivity contribution is -0.130. The van der Waals surface area contributed by atoms with E-state index in [1.165, 1.54) is 12.1 Å². The number of ether oxygens (including phenoxy) is 1. The lowest BCUT2D eigenvalue weighted by atomic mass is 9.92. The minimum Gasteiger partial charge on any atom is -0.481 e. The van der Waals surface area contributed by atoms with Gasteiger partial charge in [0, 0.05) is 32.6 Å². The molecule has 3 amide bonds. The number of nitrogens with zero attached hydrogens (tertiary/aromatic N) is 2. The van der Waals surface area contributed by atoms with Crippen molar-refractivity contribution in [2.45, 2.75) is 48.7 Å². The normalized spacial score (nSPS) is 17.9. The molecule has 3 rings (SSSR count). The van der Waals surface area contributed by atoms with Crippen LogP contribution in [0.2, 0.25) is 0 Å². The van der Waals surface area contributed by atoms with Crippen LogP contribution in [0.5, 0.6) is 5.75 Å². The Labute approximate surface area is 188 Å². The molecule has 0 saturated carbocycles. The molecule has 2 heterocycles. The fourth-order valence-electron chi connectivity index (χ4n) is 4.24. The average Bonchev–Trinajstić information content (AvgIpc) is 3.34. The fourth-order valence-corrected chi connectivity index (χ4v) is 6.28. The molecule has 0 bridgehead atoms. The number of rotatable bonds is 6. The lowest BCUT2D eigenvalue weighted by Crippen LogP contribution is -2.54. The smallest absolute Gasteiger partial charge is 0.319 e. The molecular weight excluding hydrogens is 434 g/mol. The Morgan fingerprint density at radius 3 is 2.25 bits per heavy atom. The van der Waals surface area contributed by atoms with Gasteiger partial charge >= 0.3 is 6.03 Å². The molecule has 2 aliphatic heterocycles. The zero-order valence-corrected chi connectivity index (χ0v) is 19.0. The summed E-state index contributed by atoms with van der Waals surface area (Å²) >= 11 is 0. The van der Waals surface area contributed by atoms with Gasteiger partial charge in [0.25, 0.3) is 0 Å². The standard InChI is InChI=1S/C22H29N3O6S/c1-2-3-16-31-18-6-8-19(9-7-18)32(29,30)22(17-20(26)23-28)10-14-25(15-11-22)21(27)24-12-4-5-13-24/h6-9,28H,4-5,10-17H2,1H3,(H,23,26). The van der Waals surface area contributed by atoms with Crippen molar-refractivity contribution in [2.24, 2.45) is 0 Å². The Morgan fingerprint density at radius 2 is 1.69 bits per heavy atom. The quantitative estimate of drug-likeness (QED) is 0.378. The van der Waals surface area contributed by atoms with Gasteiger partial charge in [0.1, 0.15) is 12.4 Å². The summed E-state index contributed by atoms with van der Waals surface area (Å²) in [6, 6.07) is 5.91. The number of benzene rings is 1. The molecule has 32 heavy (non-hydrogen) atoms. The lowest BCUT2D eigenvalue weighted by Gasteiger charge is -2.41. The number of hydrogen-bond acceptors (Lipinski definition) is 6. The van der Waals surface area contributed by atoms with E-state index < -0.39 is 20.5 Å². The molecule has 0 radical (unpaired) electrons. The predicted octanol–water partition coefficient (Wildman–Crippen LogP) is 1.81. The van der Waals surface area contributed by atoms with Crippen LogP contribution in [-0.4, -0.2) is 72.9 Å². The third-order valence-electron chi connectivity index (χ3n) is 6.12. The molecule has 2 N–H and O–H groups in total. The van der Waals surface area contributed by atoms with Crippen LogP contribution in [0.15, 0.2) is 29.2 Å². The number of nitrogens with one attached hydrogen (secondary N) is 1. The van der Waals surface area contributed by atoms with Gasteiger partial charge in [0.05, 0.1) is 9.64 Å². The van der Waals surface area contributed by atoms with E-state index in [-0.39, 0.29) is 49.9 Å². The maximum Gasteiger partial charge on any atom is 0.319 e. The van der Waals surface area contributed by atoms with E-state index in [9.17, 15) is 18.0 Å². The van der Waals surface area contributed by atoms with Crippen LogP contribution < -0.4 is 10.2 Å². The Balaban J connectivity index is 1.80. The van der Waals surface area contributed by atoms with Crippen molar-refractivity contribution in [3.63, 3.8) is 0 Å². The van der Waals surface area contributed by atoms with Crippen molar-refractivity contribution in [3.05, 3.63) is 24.3 Å². The second-order valence-corrected chi connectivity index (χ2v) is 10.4. The van der Waals surface area contributed by atoms with Crippen LogP contribution >= 0.6 is 0 Å². The number of carbonyl (C=O) groups is 2. The summed E-state index contributed by atoms with van der Waals surface area (Å²) in [7, 11) is -3.95. The number of hydroxylamine groups is 1. The van der Waals surface area contributed by atoms with Crippen molar-refractivity contribution in [1.29, 1.82) is 0 Å². The molecule has 174 valence electrons. The Kier molecular flexibility index (Phi) is 7.64. The Bertz CT molecular complexity index is 983. The van der Waals surface area contributed by atoms with Crippen molar-refractivity contribution >= 4 is 21.8 Å². The molecule has 10 heteroatoms. The minimum absolute atomic E-state index is 0.0662. The third kappa shape index (κ3) is 5.00. The molecule has 2 fully saturated rings. The summed E-state index contributed by atoms with van der Waals surface area (Å²) in [6.07, 6.45) is 1.76. The minimum atomic E-state index is -3.95. The molecule has 0 atom stereocenters. The molecule has 2 saturated heterocycles. The zero-order valence-electron chi connectivity index (χ0n) is 18.2. The van der Waals surface area contributed by atoms with Crippen molar-refractivity contribution in [3.8, 4) is 17.6 Å². The van der Waals surface area contributed by atoms with Crippen molar-refractivity contribution < 1.29 is 28.0 Å². The summed E-state index contributed by atoms with van der Waals surface area (Å²) < 4.78 is 31.3. The van der Waals surface area contributed by atoms with E-state index in [0.29, 0.717) is 18.8 Å². The number of urea groups is 1. The van der Waals surface area contributed by atoms with Crippen LogP contribution in [0.3, 0.4) is 0 Å². The number of sulfone groups is 1. The van der Waals surface area contributed by atoms with Gasteiger partial charge in [-0.1, -0.05) is 5.92 Å². The van der Waals surface area contributed by atoms with Crippen LogP contribution in [-0.2, 0) is 14.6 Å². The van der Waals surface area contributed by atoms with Crippen molar-refractivity contribution in [1.82, 2.24) is 15.3 Å². The first-order chi connectivity index (χ1) is 15.3. The van der Waals surface area contributed by atoms with Gasteiger partial charge in [-0.15, -0.1) is 5.92 Å².